The fourth-order valence-corrected chi connectivity index (χ4v) is 4.23. The molecule has 2 saturated heterocycles. The van der Waals surface area contributed by atoms with Crippen LogP contribution in [0.4, 0.5) is 10.5 Å². The summed E-state index contributed by atoms with van der Waals surface area (Å²) in [4.78, 5) is 42.2. The molecule has 3 heterocycles. The number of cyclic esters (lactones) is 1. The quantitative estimate of drug-likeness (QED) is 0.345. The molecule has 1 aromatic carbocycles. The van der Waals surface area contributed by atoms with Gasteiger partial charge in [0, 0.05) is 44.0 Å². The minimum Gasteiger partial charge on any atom is -0.468 e. The molecule has 0 radical (unpaired) electrons. The lowest BCUT2D eigenvalue weighted by atomic mass is 10.1. The number of esters is 1. The lowest BCUT2D eigenvalue weighted by Crippen LogP contribution is -2.53. The largest absolute Gasteiger partial charge is 0.468 e. The summed E-state index contributed by atoms with van der Waals surface area (Å²) >= 11 is 0. The van der Waals surface area contributed by atoms with E-state index in [0.717, 1.165) is 26.2 Å². The number of amides is 2. The molecule has 2 aromatic rings. The van der Waals surface area contributed by atoms with Gasteiger partial charge in [-0.25, -0.2) is 4.79 Å². The Kier molecular flexibility index (Phi) is 7.47. The monoisotopic (exact) mass is 483 g/mol. The molecule has 0 spiro atoms. The zero-order chi connectivity index (χ0) is 24.9. The molecular weight excluding hydrogens is 454 g/mol. The van der Waals surface area contributed by atoms with Gasteiger partial charge in [-0.3, -0.25) is 29.7 Å². The minimum atomic E-state index is -0.504. The molecule has 11 nitrogen and oxygen atoms in total. The van der Waals surface area contributed by atoms with Gasteiger partial charge >= 0.3 is 12.1 Å². The van der Waals surface area contributed by atoms with E-state index in [2.05, 4.69) is 15.1 Å². The van der Waals surface area contributed by atoms with Crippen molar-refractivity contribution in [2.45, 2.75) is 19.1 Å². The van der Waals surface area contributed by atoms with Crippen LogP contribution in [0.3, 0.4) is 0 Å². The van der Waals surface area contributed by atoms with Crippen molar-refractivity contribution in [1.82, 2.24) is 15.1 Å². The number of furan rings is 1. The van der Waals surface area contributed by atoms with Crippen LogP contribution in [0.5, 0.6) is 0 Å². The predicted molar refractivity (Wildman–Crippen MR) is 127 cm³/mol. The highest BCUT2D eigenvalue weighted by atomic mass is 16.6. The fourth-order valence-electron chi connectivity index (χ4n) is 4.23. The molecule has 4 rings (SSSR count). The molecule has 2 atom stereocenters. The number of carbonyl (C=O) groups excluding carboxylic acids is 3. The Hall–Kier alpha value is -3.70. The van der Waals surface area contributed by atoms with E-state index in [1.807, 2.05) is 6.92 Å². The topological polar surface area (TPSA) is 128 Å². The van der Waals surface area contributed by atoms with Gasteiger partial charge in [-0.05, 0) is 43.3 Å². The molecule has 0 bridgehead atoms. The Morgan fingerprint density at radius 2 is 1.89 bits per heavy atom. The van der Waals surface area contributed by atoms with Crippen molar-refractivity contribution in [1.29, 1.82) is 5.41 Å². The van der Waals surface area contributed by atoms with E-state index in [0.29, 0.717) is 24.3 Å². The number of benzene rings is 1. The number of hydrogen-bond acceptors (Lipinski definition) is 9. The maximum absolute atomic E-state index is 12.5. The van der Waals surface area contributed by atoms with Gasteiger partial charge in [0.05, 0.1) is 19.9 Å². The van der Waals surface area contributed by atoms with Gasteiger partial charge in [-0.1, -0.05) is 0 Å². The van der Waals surface area contributed by atoms with Crippen molar-refractivity contribution in [2.75, 3.05) is 51.3 Å². The van der Waals surface area contributed by atoms with Crippen molar-refractivity contribution in [3.8, 4) is 0 Å². The standard InChI is InChI=1S/C24H29N5O6/c1-16(23(31)33-2)28-11-9-27(10-12-28)14-19-15-29(24(32)35-19)18-7-5-17(6-8-18)21(25)26-22(30)20-4-3-13-34-20/h3-8,13,16,19H,9-12,14-15H2,1-2H3,(H2,25,26,30). The molecule has 1 aromatic heterocycles. The van der Waals surface area contributed by atoms with Gasteiger partial charge in [0.1, 0.15) is 18.0 Å². The van der Waals surface area contributed by atoms with E-state index in [9.17, 15) is 14.4 Å². The van der Waals surface area contributed by atoms with Crippen molar-refractivity contribution in [3.63, 3.8) is 0 Å². The second-order valence-corrected chi connectivity index (χ2v) is 8.51. The molecule has 35 heavy (non-hydrogen) atoms. The fraction of sp³-hybridized carbons (Fsp3) is 0.417. The third-order valence-corrected chi connectivity index (χ3v) is 6.28. The molecule has 2 fully saturated rings. The maximum Gasteiger partial charge on any atom is 0.414 e. The van der Waals surface area contributed by atoms with Crippen LogP contribution in [-0.2, 0) is 14.3 Å². The molecule has 2 aliphatic rings. The third-order valence-electron chi connectivity index (χ3n) is 6.28. The molecule has 2 aliphatic heterocycles. The summed E-state index contributed by atoms with van der Waals surface area (Å²) in [5, 5.41) is 10.6. The summed E-state index contributed by atoms with van der Waals surface area (Å²) in [6, 6.07) is 9.62. The smallest absolute Gasteiger partial charge is 0.414 e. The van der Waals surface area contributed by atoms with Gasteiger partial charge in [0.2, 0.25) is 0 Å². The Morgan fingerprint density at radius 1 is 1.17 bits per heavy atom. The SMILES string of the molecule is COC(=O)C(C)N1CCN(CC2CN(c3ccc(C(=N)NC(=O)c4ccco4)cc3)C(=O)O2)CC1. The van der Waals surface area contributed by atoms with Crippen LogP contribution >= 0.6 is 0 Å². The first-order valence-electron chi connectivity index (χ1n) is 11.4. The highest BCUT2D eigenvalue weighted by Gasteiger charge is 2.35. The second-order valence-electron chi connectivity index (χ2n) is 8.51. The predicted octanol–water partition coefficient (Wildman–Crippen LogP) is 1.54. The highest BCUT2D eigenvalue weighted by Crippen LogP contribution is 2.23. The average molecular weight is 484 g/mol. The summed E-state index contributed by atoms with van der Waals surface area (Å²) in [7, 11) is 1.40. The minimum absolute atomic E-state index is 0.0690. The van der Waals surface area contributed by atoms with E-state index in [1.165, 1.54) is 19.4 Å². The molecule has 2 unspecified atom stereocenters. The van der Waals surface area contributed by atoms with Gasteiger partial charge in [0.25, 0.3) is 5.91 Å². The number of piperazine rings is 1. The molecule has 0 aliphatic carbocycles. The maximum atomic E-state index is 12.5. The Labute approximate surface area is 203 Å². The van der Waals surface area contributed by atoms with Crippen LogP contribution in [0.2, 0.25) is 0 Å². The highest BCUT2D eigenvalue weighted by molar-refractivity contribution is 6.10. The number of amidine groups is 1. The van der Waals surface area contributed by atoms with Crippen molar-refractivity contribution < 1.29 is 28.3 Å². The van der Waals surface area contributed by atoms with Gasteiger partial charge < -0.3 is 19.2 Å². The zero-order valence-electron chi connectivity index (χ0n) is 19.7. The van der Waals surface area contributed by atoms with Crippen LogP contribution in [0.15, 0.2) is 47.1 Å². The number of hydrogen-bond donors (Lipinski definition) is 2. The summed E-state index contributed by atoms with van der Waals surface area (Å²) in [5.41, 5.74) is 1.15. The molecule has 0 saturated carbocycles. The first-order chi connectivity index (χ1) is 16.9. The Morgan fingerprint density at radius 3 is 2.51 bits per heavy atom. The molecule has 186 valence electrons. The van der Waals surface area contributed by atoms with Crippen LogP contribution in [0.1, 0.15) is 23.0 Å². The Bertz CT molecular complexity index is 1060. The molecule has 11 heteroatoms. The van der Waals surface area contributed by atoms with E-state index in [4.69, 9.17) is 19.3 Å². The lowest BCUT2D eigenvalue weighted by Gasteiger charge is -2.37. The van der Waals surface area contributed by atoms with Crippen molar-refractivity contribution in [2.24, 2.45) is 0 Å². The van der Waals surface area contributed by atoms with Gasteiger partial charge in [-0.2, -0.15) is 0 Å². The van der Waals surface area contributed by atoms with Crippen LogP contribution < -0.4 is 10.2 Å². The number of nitrogens with one attached hydrogen (secondary N) is 2. The number of methoxy groups -OCH3 is 1. The van der Waals surface area contributed by atoms with Gasteiger partial charge in [-0.15, -0.1) is 0 Å². The summed E-state index contributed by atoms with van der Waals surface area (Å²) in [5.74, 6) is -0.687. The average Bonchev–Trinajstić information content (AvgIpc) is 3.54. The number of anilines is 1. The number of rotatable bonds is 7. The first-order valence-corrected chi connectivity index (χ1v) is 11.4. The third kappa shape index (κ3) is 5.69. The number of ether oxygens (including phenoxy) is 2. The molecule has 2 amide bonds. The van der Waals surface area contributed by atoms with E-state index in [1.54, 1.807) is 35.2 Å². The molecule has 2 N–H and O–H groups in total. The van der Waals surface area contributed by atoms with Gasteiger partial charge in [0.15, 0.2) is 5.76 Å². The second kappa shape index (κ2) is 10.7. The van der Waals surface area contributed by atoms with E-state index < -0.39 is 12.0 Å². The molecular formula is C24H29N5O6. The summed E-state index contributed by atoms with van der Waals surface area (Å²) in [6.07, 6.45) is 0.709. The number of carbonyl (C=O) groups is 3. The van der Waals surface area contributed by atoms with Crippen LogP contribution in [-0.4, -0.2) is 92.1 Å². The lowest BCUT2D eigenvalue weighted by molar-refractivity contribution is -0.147. The number of nitrogens with zero attached hydrogens (tertiary/aromatic N) is 3. The van der Waals surface area contributed by atoms with Crippen molar-refractivity contribution >= 4 is 29.5 Å². The summed E-state index contributed by atoms with van der Waals surface area (Å²) in [6.45, 7) is 5.91. The van der Waals surface area contributed by atoms with Crippen LogP contribution in [0.25, 0.3) is 0 Å². The summed E-state index contributed by atoms with van der Waals surface area (Å²) < 4.78 is 15.4. The van der Waals surface area contributed by atoms with Crippen LogP contribution in [0, 0.1) is 5.41 Å². The zero-order valence-corrected chi connectivity index (χ0v) is 19.7. The van der Waals surface area contributed by atoms with E-state index in [-0.39, 0.29) is 29.7 Å². The van der Waals surface area contributed by atoms with E-state index >= 15 is 0 Å². The Balaban J connectivity index is 1.28. The van der Waals surface area contributed by atoms with Crippen molar-refractivity contribution in [3.05, 3.63) is 54.0 Å². The normalized spacial score (nSPS) is 19.8. The first kappa shape index (κ1) is 24.4.